The highest BCUT2D eigenvalue weighted by Crippen LogP contribution is 2.32. The first-order valence-corrected chi connectivity index (χ1v) is 6.86. The zero-order valence-corrected chi connectivity index (χ0v) is 11.9. The number of rotatable bonds is 3. The van der Waals surface area contributed by atoms with Crippen LogP contribution in [-0.2, 0) is 13.6 Å². The number of aromatic nitrogens is 3. The number of aryl methyl sites for hydroxylation is 1. The first-order chi connectivity index (χ1) is 9.15. The second-order valence-electron chi connectivity index (χ2n) is 5.05. The van der Waals surface area contributed by atoms with E-state index in [4.69, 9.17) is 16.1 Å². The molecule has 2 aromatic rings. The molecule has 1 atom stereocenters. The van der Waals surface area contributed by atoms with Gasteiger partial charge in [0.1, 0.15) is 22.4 Å². The van der Waals surface area contributed by atoms with Crippen molar-refractivity contribution in [2.45, 2.75) is 32.4 Å². The summed E-state index contributed by atoms with van der Waals surface area (Å²) in [5.41, 5.74) is 1.02. The number of hydrogen-bond donors (Lipinski definition) is 0. The molecule has 1 saturated heterocycles. The van der Waals surface area contributed by atoms with Crippen LogP contribution in [0.4, 0.5) is 0 Å². The number of imidazole rings is 1. The van der Waals surface area contributed by atoms with Crippen LogP contribution < -0.4 is 0 Å². The Hall–Kier alpha value is -1.33. The van der Waals surface area contributed by atoms with Crippen molar-refractivity contribution in [3.8, 4) is 0 Å². The molecule has 0 N–H and O–H groups in total. The summed E-state index contributed by atoms with van der Waals surface area (Å²) >= 11 is 6.03. The monoisotopic (exact) mass is 280 g/mol. The van der Waals surface area contributed by atoms with Gasteiger partial charge in [-0.25, -0.2) is 4.98 Å². The van der Waals surface area contributed by atoms with Crippen LogP contribution in [0.25, 0.3) is 0 Å². The molecule has 3 rings (SSSR count). The topological polar surface area (TPSA) is 47.1 Å². The maximum atomic E-state index is 6.03. The van der Waals surface area contributed by atoms with Crippen molar-refractivity contribution in [1.82, 2.24) is 19.6 Å². The minimum atomic E-state index is 0.327. The van der Waals surface area contributed by atoms with Crippen molar-refractivity contribution in [3.63, 3.8) is 0 Å². The normalized spacial score (nSPS) is 20.3. The van der Waals surface area contributed by atoms with E-state index in [9.17, 15) is 0 Å². The molecule has 1 fully saturated rings. The van der Waals surface area contributed by atoms with Gasteiger partial charge in [-0.1, -0.05) is 16.8 Å². The van der Waals surface area contributed by atoms with Gasteiger partial charge in [-0.05, 0) is 26.3 Å². The lowest BCUT2D eigenvalue weighted by molar-refractivity contribution is 0.229. The molecular weight excluding hydrogens is 264 g/mol. The van der Waals surface area contributed by atoms with Gasteiger partial charge >= 0.3 is 0 Å². The third-order valence-electron chi connectivity index (χ3n) is 3.72. The minimum Gasteiger partial charge on any atom is -0.361 e. The molecule has 6 heteroatoms. The van der Waals surface area contributed by atoms with E-state index in [1.807, 2.05) is 24.6 Å². The molecular formula is C13H17ClN4O. The van der Waals surface area contributed by atoms with Gasteiger partial charge in [0.25, 0.3) is 0 Å². The first-order valence-electron chi connectivity index (χ1n) is 6.48. The van der Waals surface area contributed by atoms with Crippen molar-refractivity contribution in [1.29, 1.82) is 0 Å². The predicted molar refractivity (Wildman–Crippen MR) is 71.8 cm³/mol. The van der Waals surface area contributed by atoms with E-state index in [0.717, 1.165) is 36.8 Å². The quantitative estimate of drug-likeness (QED) is 0.867. The number of halogens is 1. The molecule has 102 valence electrons. The zero-order valence-electron chi connectivity index (χ0n) is 11.1. The van der Waals surface area contributed by atoms with Crippen molar-refractivity contribution in [3.05, 3.63) is 34.7 Å². The highest BCUT2D eigenvalue weighted by Gasteiger charge is 2.29. The Bertz CT molecular complexity index is 577. The summed E-state index contributed by atoms with van der Waals surface area (Å²) in [4.78, 5) is 6.74. The van der Waals surface area contributed by atoms with E-state index in [-0.39, 0.29) is 0 Å². The van der Waals surface area contributed by atoms with E-state index in [1.54, 1.807) is 6.20 Å². The fourth-order valence-corrected chi connectivity index (χ4v) is 2.79. The van der Waals surface area contributed by atoms with Crippen LogP contribution in [0.15, 0.2) is 16.8 Å². The van der Waals surface area contributed by atoms with E-state index >= 15 is 0 Å². The van der Waals surface area contributed by atoms with Gasteiger partial charge in [0.05, 0.1) is 18.8 Å². The molecule has 1 aliphatic heterocycles. The standard InChI is InChI=1S/C13H17ClN4O/c1-9-6-10(16-19-9)11-4-3-5-18(11)8-13-15-7-12(14)17(13)2/h6-7,11H,3-5,8H2,1-2H3/t11-/m0/s1. The highest BCUT2D eigenvalue weighted by molar-refractivity contribution is 6.29. The molecule has 2 aromatic heterocycles. The van der Waals surface area contributed by atoms with E-state index in [2.05, 4.69) is 15.0 Å². The molecule has 0 aliphatic carbocycles. The maximum absolute atomic E-state index is 6.03. The van der Waals surface area contributed by atoms with E-state index in [0.29, 0.717) is 11.2 Å². The fourth-order valence-electron chi connectivity index (χ4n) is 2.65. The summed E-state index contributed by atoms with van der Waals surface area (Å²) in [5.74, 6) is 1.85. The van der Waals surface area contributed by atoms with Crippen molar-refractivity contribution in [2.24, 2.45) is 7.05 Å². The maximum Gasteiger partial charge on any atom is 0.133 e. The summed E-state index contributed by atoms with van der Waals surface area (Å²) in [6.45, 7) is 3.77. The van der Waals surface area contributed by atoms with Gasteiger partial charge in [-0.3, -0.25) is 4.90 Å². The summed E-state index contributed by atoms with van der Waals surface area (Å²) in [6.07, 6.45) is 3.99. The van der Waals surface area contributed by atoms with Gasteiger partial charge in [0, 0.05) is 13.1 Å². The van der Waals surface area contributed by atoms with E-state index in [1.165, 1.54) is 6.42 Å². The van der Waals surface area contributed by atoms with Crippen LogP contribution in [-0.4, -0.2) is 26.2 Å². The second kappa shape index (κ2) is 4.98. The third-order valence-corrected chi connectivity index (χ3v) is 4.07. The summed E-state index contributed by atoms with van der Waals surface area (Å²) < 4.78 is 7.11. The number of hydrogen-bond acceptors (Lipinski definition) is 4. The Labute approximate surface area is 117 Å². The SMILES string of the molecule is Cc1cc([C@@H]2CCCN2Cc2ncc(Cl)n2C)no1. The molecule has 1 aliphatic rings. The second-order valence-corrected chi connectivity index (χ2v) is 5.43. The number of likely N-dealkylation sites (tertiary alicyclic amines) is 1. The molecule has 0 saturated carbocycles. The van der Waals surface area contributed by atoms with Crippen LogP contribution in [0.1, 0.15) is 36.2 Å². The van der Waals surface area contributed by atoms with Gasteiger partial charge in [0.15, 0.2) is 0 Å². The average Bonchev–Trinajstić information content (AvgIpc) is 3.07. The molecule has 0 aromatic carbocycles. The van der Waals surface area contributed by atoms with Crippen LogP contribution in [0.5, 0.6) is 0 Å². The molecule has 0 unspecified atom stereocenters. The van der Waals surface area contributed by atoms with Gasteiger partial charge in [-0.2, -0.15) is 0 Å². The molecule has 19 heavy (non-hydrogen) atoms. The molecule has 5 nitrogen and oxygen atoms in total. The Kier molecular flexibility index (Phi) is 3.33. The molecule has 0 radical (unpaired) electrons. The Morgan fingerprint density at radius 2 is 2.37 bits per heavy atom. The zero-order chi connectivity index (χ0) is 13.4. The van der Waals surface area contributed by atoms with Crippen molar-refractivity contribution < 1.29 is 4.52 Å². The highest BCUT2D eigenvalue weighted by atomic mass is 35.5. The van der Waals surface area contributed by atoms with E-state index < -0.39 is 0 Å². The smallest absolute Gasteiger partial charge is 0.133 e. The lowest BCUT2D eigenvalue weighted by Crippen LogP contribution is -2.24. The lowest BCUT2D eigenvalue weighted by Gasteiger charge is -2.22. The summed E-state index contributed by atoms with van der Waals surface area (Å²) in [5, 5.41) is 4.82. The largest absolute Gasteiger partial charge is 0.361 e. The van der Waals surface area contributed by atoms with Crippen LogP contribution in [0.2, 0.25) is 5.15 Å². The molecule has 0 amide bonds. The summed E-state index contributed by atoms with van der Waals surface area (Å²) in [6, 6.07) is 2.35. The molecule has 3 heterocycles. The van der Waals surface area contributed by atoms with Crippen molar-refractivity contribution in [2.75, 3.05) is 6.54 Å². The van der Waals surface area contributed by atoms with Crippen LogP contribution >= 0.6 is 11.6 Å². The Balaban J connectivity index is 1.78. The Morgan fingerprint density at radius 1 is 1.53 bits per heavy atom. The third kappa shape index (κ3) is 2.40. The fraction of sp³-hybridized carbons (Fsp3) is 0.538. The van der Waals surface area contributed by atoms with Gasteiger partial charge < -0.3 is 9.09 Å². The lowest BCUT2D eigenvalue weighted by atomic mass is 10.1. The molecule has 0 bridgehead atoms. The van der Waals surface area contributed by atoms with Gasteiger partial charge in [0.2, 0.25) is 0 Å². The first kappa shape index (κ1) is 12.7. The van der Waals surface area contributed by atoms with Crippen LogP contribution in [0, 0.1) is 6.92 Å². The van der Waals surface area contributed by atoms with Crippen molar-refractivity contribution >= 4 is 11.6 Å². The van der Waals surface area contributed by atoms with Gasteiger partial charge in [-0.15, -0.1) is 0 Å². The predicted octanol–water partition coefficient (Wildman–Crippen LogP) is 2.71. The minimum absolute atomic E-state index is 0.327. The average molecular weight is 281 g/mol. The summed E-state index contributed by atoms with van der Waals surface area (Å²) in [7, 11) is 1.94. The number of nitrogens with zero attached hydrogens (tertiary/aromatic N) is 4. The van der Waals surface area contributed by atoms with Crippen LogP contribution in [0.3, 0.4) is 0 Å². The Morgan fingerprint density at radius 3 is 3.00 bits per heavy atom. The molecule has 0 spiro atoms.